The van der Waals surface area contributed by atoms with Crippen molar-refractivity contribution in [3.8, 4) is 0 Å². The number of amides is 2. The summed E-state index contributed by atoms with van der Waals surface area (Å²) in [7, 11) is 0. The van der Waals surface area contributed by atoms with E-state index in [1.807, 2.05) is 0 Å². The van der Waals surface area contributed by atoms with Gasteiger partial charge in [-0.3, -0.25) is 4.90 Å². The molecule has 5 N–H and O–H groups in total. The maximum Gasteiger partial charge on any atom is 0.315 e. The number of unbranched alkanes of at least 4 members (excludes halogenated alkanes) is 1. The lowest BCUT2D eigenvalue weighted by atomic mass is 10.1. The first-order chi connectivity index (χ1) is 9.15. The SMILES string of the molecule is CCCCNC(=O)NC1CCN(CC(N)=NO)CC1. The highest BCUT2D eigenvalue weighted by Gasteiger charge is 2.20. The van der Waals surface area contributed by atoms with Gasteiger partial charge in [0.25, 0.3) is 0 Å². The second-order valence-corrected chi connectivity index (χ2v) is 4.90. The van der Waals surface area contributed by atoms with Crippen molar-refractivity contribution in [1.82, 2.24) is 15.5 Å². The molecule has 2 amide bonds. The molecule has 0 aromatic heterocycles. The number of carbonyl (C=O) groups is 1. The van der Waals surface area contributed by atoms with Crippen LogP contribution in [0.3, 0.4) is 0 Å². The minimum atomic E-state index is -0.0802. The summed E-state index contributed by atoms with van der Waals surface area (Å²) in [5, 5.41) is 17.3. The van der Waals surface area contributed by atoms with Crippen LogP contribution in [0, 0.1) is 0 Å². The fourth-order valence-electron chi connectivity index (χ4n) is 2.11. The monoisotopic (exact) mass is 271 g/mol. The third-order valence-corrected chi connectivity index (χ3v) is 3.25. The summed E-state index contributed by atoms with van der Waals surface area (Å²) < 4.78 is 0. The summed E-state index contributed by atoms with van der Waals surface area (Å²) in [6.45, 7) is 4.99. The number of urea groups is 1. The van der Waals surface area contributed by atoms with Crippen LogP contribution >= 0.6 is 0 Å². The zero-order valence-electron chi connectivity index (χ0n) is 11.6. The van der Waals surface area contributed by atoms with E-state index in [0.717, 1.165) is 45.3 Å². The Kier molecular flexibility index (Phi) is 7.02. The van der Waals surface area contributed by atoms with Crippen molar-refractivity contribution in [2.45, 2.75) is 38.6 Å². The van der Waals surface area contributed by atoms with Crippen molar-refractivity contribution < 1.29 is 10.0 Å². The number of piperidine rings is 1. The Bertz CT molecular complexity index is 300. The molecular formula is C12H25N5O2. The van der Waals surface area contributed by atoms with Crippen molar-refractivity contribution in [2.75, 3.05) is 26.2 Å². The van der Waals surface area contributed by atoms with E-state index in [0.29, 0.717) is 6.54 Å². The Labute approximate surface area is 114 Å². The van der Waals surface area contributed by atoms with Crippen LogP contribution in [0.1, 0.15) is 32.6 Å². The van der Waals surface area contributed by atoms with E-state index in [1.54, 1.807) is 0 Å². The molecule has 0 bridgehead atoms. The molecule has 1 heterocycles. The molecule has 7 nitrogen and oxygen atoms in total. The fourth-order valence-corrected chi connectivity index (χ4v) is 2.11. The molecule has 1 rings (SSSR count). The average Bonchev–Trinajstić information content (AvgIpc) is 2.41. The Morgan fingerprint density at radius 3 is 2.74 bits per heavy atom. The van der Waals surface area contributed by atoms with Gasteiger partial charge in [0.1, 0.15) is 0 Å². The summed E-state index contributed by atoms with van der Waals surface area (Å²) in [6, 6.07) is 0.133. The third kappa shape index (κ3) is 6.28. The van der Waals surface area contributed by atoms with Gasteiger partial charge in [-0.2, -0.15) is 0 Å². The van der Waals surface area contributed by atoms with Gasteiger partial charge in [0, 0.05) is 25.7 Å². The topological polar surface area (TPSA) is 103 Å². The van der Waals surface area contributed by atoms with Crippen LogP contribution in [0.2, 0.25) is 0 Å². The maximum atomic E-state index is 11.6. The quantitative estimate of drug-likeness (QED) is 0.183. The minimum Gasteiger partial charge on any atom is -0.409 e. The largest absolute Gasteiger partial charge is 0.409 e. The highest BCUT2D eigenvalue weighted by atomic mass is 16.4. The first kappa shape index (κ1) is 15.6. The molecular weight excluding hydrogens is 246 g/mol. The van der Waals surface area contributed by atoms with Crippen molar-refractivity contribution in [1.29, 1.82) is 0 Å². The Hall–Kier alpha value is -1.50. The fraction of sp³-hybridized carbons (Fsp3) is 0.833. The normalized spacial score (nSPS) is 18.3. The molecule has 1 aliphatic heterocycles. The van der Waals surface area contributed by atoms with Crippen LogP contribution in [0.4, 0.5) is 4.79 Å². The molecule has 0 radical (unpaired) electrons. The second-order valence-electron chi connectivity index (χ2n) is 4.90. The number of carbonyl (C=O) groups excluding carboxylic acids is 1. The summed E-state index contributed by atoms with van der Waals surface area (Å²) in [5.41, 5.74) is 5.47. The number of nitrogens with two attached hydrogens (primary N) is 1. The summed E-state index contributed by atoms with van der Waals surface area (Å²) >= 11 is 0. The van der Waals surface area contributed by atoms with Crippen molar-refractivity contribution in [3.05, 3.63) is 0 Å². The molecule has 19 heavy (non-hydrogen) atoms. The average molecular weight is 271 g/mol. The van der Waals surface area contributed by atoms with Gasteiger partial charge in [-0.1, -0.05) is 18.5 Å². The van der Waals surface area contributed by atoms with Crippen LogP contribution in [-0.4, -0.2) is 54.2 Å². The molecule has 0 atom stereocenters. The summed E-state index contributed by atoms with van der Waals surface area (Å²) in [6.07, 6.45) is 3.86. The number of rotatable bonds is 6. The van der Waals surface area contributed by atoms with E-state index in [-0.39, 0.29) is 17.9 Å². The Morgan fingerprint density at radius 1 is 1.47 bits per heavy atom. The van der Waals surface area contributed by atoms with E-state index >= 15 is 0 Å². The van der Waals surface area contributed by atoms with Crippen LogP contribution in [0.5, 0.6) is 0 Å². The Morgan fingerprint density at radius 2 is 2.16 bits per heavy atom. The lowest BCUT2D eigenvalue weighted by Gasteiger charge is -2.31. The molecule has 110 valence electrons. The van der Waals surface area contributed by atoms with Crippen molar-refractivity contribution in [2.24, 2.45) is 10.9 Å². The van der Waals surface area contributed by atoms with E-state index in [9.17, 15) is 4.79 Å². The van der Waals surface area contributed by atoms with Crippen LogP contribution in [0.15, 0.2) is 5.16 Å². The highest BCUT2D eigenvalue weighted by Crippen LogP contribution is 2.09. The van der Waals surface area contributed by atoms with E-state index in [2.05, 4.69) is 27.6 Å². The maximum absolute atomic E-state index is 11.6. The predicted molar refractivity (Wildman–Crippen MR) is 74.3 cm³/mol. The van der Waals surface area contributed by atoms with Crippen LogP contribution in [0.25, 0.3) is 0 Å². The molecule has 0 aromatic rings. The summed E-state index contributed by atoms with van der Waals surface area (Å²) in [5.74, 6) is 0.226. The molecule has 0 aromatic carbocycles. The molecule has 0 unspecified atom stereocenters. The van der Waals surface area contributed by atoms with Crippen LogP contribution in [-0.2, 0) is 0 Å². The van der Waals surface area contributed by atoms with Gasteiger partial charge >= 0.3 is 6.03 Å². The van der Waals surface area contributed by atoms with Gasteiger partial charge in [0.05, 0.1) is 6.54 Å². The van der Waals surface area contributed by atoms with Gasteiger partial charge in [0.2, 0.25) is 0 Å². The lowest BCUT2D eigenvalue weighted by molar-refractivity contribution is 0.205. The third-order valence-electron chi connectivity index (χ3n) is 3.25. The zero-order valence-corrected chi connectivity index (χ0v) is 11.6. The first-order valence-corrected chi connectivity index (χ1v) is 6.88. The molecule has 1 saturated heterocycles. The number of hydrogen-bond donors (Lipinski definition) is 4. The molecule has 0 aliphatic carbocycles. The molecule has 7 heteroatoms. The number of nitrogens with zero attached hydrogens (tertiary/aromatic N) is 2. The smallest absolute Gasteiger partial charge is 0.315 e. The molecule has 1 aliphatic rings. The van der Waals surface area contributed by atoms with Gasteiger partial charge in [-0.05, 0) is 19.3 Å². The van der Waals surface area contributed by atoms with Gasteiger partial charge in [-0.25, -0.2) is 4.79 Å². The summed E-state index contributed by atoms with van der Waals surface area (Å²) in [4.78, 5) is 13.7. The molecule has 0 spiro atoms. The predicted octanol–water partition coefficient (Wildman–Crippen LogP) is 0.297. The molecule has 0 saturated carbocycles. The highest BCUT2D eigenvalue weighted by molar-refractivity contribution is 5.81. The van der Waals surface area contributed by atoms with Crippen LogP contribution < -0.4 is 16.4 Å². The van der Waals surface area contributed by atoms with E-state index in [1.165, 1.54) is 0 Å². The van der Waals surface area contributed by atoms with Gasteiger partial charge < -0.3 is 21.6 Å². The van der Waals surface area contributed by atoms with E-state index in [4.69, 9.17) is 10.9 Å². The standard InChI is InChI=1S/C12H25N5O2/c1-2-3-6-14-12(18)15-10-4-7-17(8-5-10)9-11(13)16-19/h10,19H,2-9H2,1H3,(H2,13,16)(H2,14,15,18). The van der Waals surface area contributed by atoms with E-state index < -0.39 is 0 Å². The lowest BCUT2D eigenvalue weighted by Crippen LogP contribution is -2.49. The number of nitrogens with one attached hydrogen (secondary N) is 2. The van der Waals surface area contributed by atoms with Gasteiger partial charge in [-0.15, -0.1) is 0 Å². The number of oxime groups is 1. The zero-order chi connectivity index (χ0) is 14.1. The molecule has 1 fully saturated rings. The first-order valence-electron chi connectivity index (χ1n) is 6.88. The van der Waals surface area contributed by atoms with Gasteiger partial charge in [0.15, 0.2) is 5.84 Å². The number of likely N-dealkylation sites (tertiary alicyclic amines) is 1. The van der Waals surface area contributed by atoms with Crippen molar-refractivity contribution in [3.63, 3.8) is 0 Å². The van der Waals surface area contributed by atoms with Crippen molar-refractivity contribution >= 4 is 11.9 Å². The number of hydrogen-bond acceptors (Lipinski definition) is 4. The minimum absolute atomic E-state index is 0.0802. The second kappa shape index (κ2) is 8.58. The number of amidine groups is 1. The Balaban J connectivity index is 2.17.